The first-order valence-corrected chi connectivity index (χ1v) is 7.31. The molecule has 0 aliphatic heterocycles. The van der Waals surface area contributed by atoms with Crippen molar-refractivity contribution < 1.29 is 0 Å². The number of nitrogens with zero attached hydrogens (tertiary/aromatic N) is 2. The Hall–Kier alpha value is -0.0900. The summed E-state index contributed by atoms with van der Waals surface area (Å²) in [4.78, 5) is 6.88. The molecule has 1 aromatic heterocycles. The van der Waals surface area contributed by atoms with Crippen LogP contribution >= 0.6 is 27.3 Å². The highest BCUT2D eigenvalue weighted by Crippen LogP contribution is 2.24. The smallest absolute Gasteiger partial charge is 0.186 e. The Kier molecular flexibility index (Phi) is 6.25. The fourth-order valence-corrected chi connectivity index (χ4v) is 2.70. The van der Waals surface area contributed by atoms with E-state index in [4.69, 9.17) is 0 Å². The third-order valence-electron chi connectivity index (χ3n) is 2.30. The summed E-state index contributed by atoms with van der Waals surface area (Å²) in [6.45, 7) is 6.73. The second-order valence-corrected chi connectivity index (χ2v) is 5.30. The molecule has 0 bridgehead atoms. The van der Waals surface area contributed by atoms with Crippen LogP contribution in [-0.2, 0) is 0 Å². The first-order valence-electron chi connectivity index (χ1n) is 5.63. The van der Waals surface area contributed by atoms with Crippen LogP contribution in [0.3, 0.4) is 0 Å². The van der Waals surface area contributed by atoms with E-state index >= 15 is 0 Å². The van der Waals surface area contributed by atoms with Crippen LogP contribution in [0.4, 0.5) is 5.13 Å². The van der Waals surface area contributed by atoms with Crippen molar-refractivity contribution in [2.75, 3.05) is 18.0 Å². The minimum Gasteiger partial charge on any atom is -0.348 e. The van der Waals surface area contributed by atoms with Gasteiger partial charge in [0, 0.05) is 18.5 Å². The molecule has 0 fully saturated rings. The lowest BCUT2D eigenvalue weighted by Crippen LogP contribution is -2.25. The first-order chi connectivity index (χ1) is 7.27. The van der Waals surface area contributed by atoms with Gasteiger partial charge in [-0.05, 0) is 28.8 Å². The number of hydrogen-bond donors (Lipinski definition) is 0. The Labute approximate surface area is 105 Å². The fourth-order valence-electron chi connectivity index (χ4n) is 1.39. The van der Waals surface area contributed by atoms with Gasteiger partial charge in [0.25, 0.3) is 0 Å². The van der Waals surface area contributed by atoms with Gasteiger partial charge in [0.1, 0.15) is 4.60 Å². The van der Waals surface area contributed by atoms with E-state index in [-0.39, 0.29) is 0 Å². The van der Waals surface area contributed by atoms with Gasteiger partial charge in [-0.25, -0.2) is 4.98 Å². The summed E-state index contributed by atoms with van der Waals surface area (Å²) < 4.78 is 0.959. The molecule has 0 spiro atoms. The lowest BCUT2D eigenvalue weighted by atomic mass is 10.3. The highest BCUT2D eigenvalue weighted by atomic mass is 79.9. The maximum absolute atomic E-state index is 4.48. The van der Waals surface area contributed by atoms with E-state index in [9.17, 15) is 0 Å². The topological polar surface area (TPSA) is 16.1 Å². The quantitative estimate of drug-likeness (QED) is 0.744. The molecule has 4 heteroatoms. The summed E-state index contributed by atoms with van der Waals surface area (Å²) in [5.74, 6) is 0. The van der Waals surface area contributed by atoms with Crippen LogP contribution in [0.15, 0.2) is 9.98 Å². The second kappa shape index (κ2) is 7.23. The summed E-state index contributed by atoms with van der Waals surface area (Å²) in [5, 5.41) is 3.21. The molecule has 1 heterocycles. The summed E-state index contributed by atoms with van der Waals surface area (Å²) in [5.41, 5.74) is 0. The molecule has 0 saturated carbocycles. The lowest BCUT2D eigenvalue weighted by Gasteiger charge is -2.21. The van der Waals surface area contributed by atoms with Crippen molar-refractivity contribution in [3.63, 3.8) is 0 Å². The van der Waals surface area contributed by atoms with Gasteiger partial charge in [0.05, 0.1) is 0 Å². The second-order valence-electron chi connectivity index (χ2n) is 3.65. The van der Waals surface area contributed by atoms with Crippen molar-refractivity contribution >= 4 is 32.4 Å². The molecule has 0 unspecified atom stereocenters. The van der Waals surface area contributed by atoms with Crippen molar-refractivity contribution in [3.05, 3.63) is 9.98 Å². The normalized spacial score (nSPS) is 10.6. The molecule has 1 aromatic rings. The largest absolute Gasteiger partial charge is 0.348 e. The summed E-state index contributed by atoms with van der Waals surface area (Å²) in [6.07, 6.45) is 4.99. The lowest BCUT2D eigenvalue weighted by molar-refractivity contribution is 0.676. The number of aromatic nitrogens is 1. The summed E-state index contributed by atoms with van der Waals surface area (Å²) in [7, 11) is 0. The molecule has 0 radical (unpaired) electrons. The molecule has 0 N–H and O–H groups in total. The van der Waals surface area contributed by atoms with Gasteiger partial charge in [0.15, 0.2) is 5.13 Å². The van der Waals surface area contributed by atoms with Crippen LogP contribution in [0.25, 0.3) is 0 Å². The predicted octanol–water partition coefficient (Wildman–Crippen LogP) is 4.31. The number of hydrogen-bond acceptors (Lipinski definition) is 3. The maximum atomic E-state index is 4.48. The van der Waals surface area contributed by atoms with Gasteiger partial charge in [-0.2, -0.15) is 0 Å². The van der Waals surface area contributed by atoms with E-state index in [1.807, 2.05) is 0 Å². The fraction of sp³-hybridized carbons (Fsp3) is 0.727. The van der Waals surface area contributed by atoms with E-state index in [0.717, 1.165) is 22.8 Å². The number of anilines is 1. The van der Waals surface area contributed by atoms with Crippen LogP contribution in [0.2, 0.25) is 0 Å². The molecule has 2 nitrogen and oxygen atoms in total. The first kappa shape index (κ1) is 13.0. The van der Waals surface area contributed by atoms with Crippen molar-refractivity contribution in [2.24, 2.45) is 0 Å². The molecular formula is C11H19BrN2S. The molecule has 0 amide bonds. The van der Waals surface area contributed by atoms with Crippen LogP contribution in [-0.4, -0.2) is 18.1 Å². The maximum Gasteiger partial charge on any atom is 0.186 e. The molecule has 0 atom stereocenters. The molecule has 0 aliphatic carbocycles. The SMILES string of the molecule is CCCCN(CCCC)c1nc(Br)cs1. The molecule has 0 saturated heterocycles. The number of thiazole rings is 1. The van der Waals surface area contributed by atoms with Crippen molar-refractivity contribution in [3.8, 4) is 0 Å². The Morgan fingerprint density at radius 2 is 1.87 bits per heavy atom. The zero-order chi connectivity index (χ0) is 11.1. The Morgan fingerprint density at radius 3 is 2.27 bits per heavy atom. The van der Waals surface area contributed by atoms with Gasteiger partial charge in [-0.3, -0.25) is 0 Å². The molecule has 86 valence electrons. The number of halogens is 1. The minimum atomic E-state index is 0.959. The van der Waals surface area contributed by atoms with Gasteiger partial charge in [-0.15, -0.1) is 11.3 Å². The minimum absolute atomic E-state index is 0.959. The number of rotatable bonds is 7. The third kappa shape index (κ3) is 4.51. The zero-order valence-corrected chi connectivity index (χ0v) is 11.9. The third-order valence-corrected chi connectivity index (χ3v) is 3.91. The van der Waals surface area contributed by atoms with Crippen molar-refractivity contribution in [1.29, 1.82) is 0 Å². The molecule has 0 aliphatic rings. The summed E-state index contributed by atoms with van der Waals surface area (Å²) >= 11 is 5.14. The monoisotopic (exact) mass is 290 g/mol. The highest BCUT2D eigenvalue weighted by molar-refractivity contribution is 9.10. The number of unbranched alkanes of at least 4 members (excludes halogenated alkanes) is 2. The molecule has 0 aromatic carbocycles. The van der Waals surface area contributed by atoms with Gasteiger partial charge < -0.3 is 4.90 Å². The van der Waals surface area contributed by atoms with E-state index in [1.54, 1.807) is 11.3 Å². The molecular weight excluding hydrogens is 272 g/mol. The van der Waals surface area contributed by atoms with Crippen molar-refractivity contribution in [2.45, 2.75) is 39.5 Å². The average Bonchev–Trinajstić information content (AvgIpc) is 2.65. The molecule has 15 heavy (non-hydrogen) atoms. The van der Waals surface area contributed by atoms with Crippen LogP contribution < -0.4 is 4.90 Å². The summed E-state index contributed by atoms with van der Waals surface area (Å²) in [6, 6.07) is 0. The van der Waals surface area contributed by atoms with Gasteiger partial charge in [0.2, 0.25) is 0 Å². The van der Waals surface area contributed by atoms with Gasteiger partial charge in [-0.1, -0.05) is 26.7 Å². The Balaban J connectivity index is 2.54. The standard InChI is InChI=1S/C11H19BrN2S/c1-3-5-7-14(8-6-4-2)11-13-10(12)9-15-11/h9H,3-8H2,1-2H3. The van der Waals surface area contributed by atoms with Crippen LogP contribution in [0.5, 0.6) is 0 Å². The van der Waals surface area contributed by atoms with Crippen LogP contribution in [0, 0.1) is 0 Å². The van der Waals surface area contributed by atoms with Gasteiger partial charge >= 0.3 is 0 Å². The van der Waals surface area contributed by atoms with E-state index < -0.39 is 0 Å². The zero-order valence-electron chi connectivity index (χ0n) is 9.50. The Bertz CT molecular complexity index is 267. The van der Waals surface area contributed by atoms with E-state index in [2.05, 4.69) is 45.0 Å². The average molecular weight is 291 g/mol. The highest BCUT2D eigenvalue weighted by Gasteiger charge is 2.09. The van der Waals surface area contributed by atoms with E-state index in [1.165, 1.54) is 25.7 Å². The van der Waals surface area contributed by atoms with E-state index in [0.29, 0.717) is 0 Å². The Morgan fingerprint density at radius 1 is 1.27 bits per heavy atom. The van der Waals surface area contributed by atoms with Crippen molar-refractivity contribution in [1.82, 2.24) is 4.98 Å². The predicted molar refractivity (Wildman–Crippen MR) is 71.8 cm³/mol. The molecule has 1 rings (SSSR count). The van der Waals surface area contributed by atoms with Crippen LogP contribution in [0.1, 0.15) is 39.5 Å².